The molecule has 0 saturated carbocycles. The third-order valence-electron chi connectivity index (χ3n) is 5.51. The molecule has 0 bridgehead atoms. The van der Waals surface area contributed by atoms with Gasteiger partial charge in [0.1, 0.15) is 0 Å². The van der Waals surface area contributed by atoms with Crippen molar-refractivity contribution < 1.29 is 9.63 Å². The monoisotopic (exact) mass is 464 g/mol. The van der Waals surface area contributed by atoms with Gasteiger partial charge in [-0.15, -0.1) is 0 Å². The number of aromatic nitrogens is 1. The topological polar surface area (TPSA) is 43.6 Å². The second-order valence-corrected chi connectivity index (χ2v) is 9.59. The van der Waals surface area contributed by atoms with Crippen LogP contribution in [0, 0.1) is 19.3 Å². The fraction of sp³-hybridized carbons (Fsp3) is 0.280. The minimum Gasteiger partial charge on any atom is -0.318 e. The number of aryl methyl sites for hydroxylation is 2. The Morgan fingerprint density at radius 2 is 1.77 bits per heavy atom. The van der Waals surface area contributed by atoms with Crippen LogP contribution in [-0.2, 0) is 11.3 Å². The number of hydrogen-bond donors (Lipinski definition) is 0. The molecular weight excluding hydrogens is 440 g/mol. The highest BCUT2D eigenvalue weighted by Gasteiger charge is 2.33. The van der Waals surface area contributed by atoms with Crippen LogP contribution >= 0.6 is 15.9 Å². The van der Waals surface area contributed by atoms with E-state index in [4.69, 9.17) is 4.84 Å². The first-order valence-electron chi connectivity index (χ1n) is 10.1. The number of halogens is 1. The summed E-state index contributed by atoms with van der Waals surface area (Å²) in [5.41, 5.74) is 7.09. The van der Waals surface area contributed by atoms with Gasteiger partial charge < -0.3 is 9.40 Å². The minimum absolute atomic E-state index is 0.0127. The average Bonchev–Trinajstić information content (AvgIpc) is 3.01. The molecule has 1 aromatic heterocycles. The van der Waals surface area contributed by atoms with Gasteiger partial charge in [-0.2, -0.15) is 0 Å². The van der Waals surface area contributed by atoms with Crippen molar-refractivity contribution in [1.29, 1.82) is 0 Å². The van der Waals surface area contributed by atoms with Gasteiger partial charge in [-0.25, -0.2) is 4.79 Å². The quantitative estimate of drug-likeness (QED) is 0.332. The fourth-order valence-electron chi connectivity index (χ4n) is 4.09. The van der Waals surface area contributed by atoms with Gasteiger partial charge in [0.25, 0.3) is 0 Å². The third-order valence-corrected chi connectivity index (χ3v) is 6.21. The van der Waals surface area contributed by atoms with Crippen molar-refractivity contribution in [3.05, 3.63) is 87.1 Å². The van der Waals surface area contributed by atoms with Gasteiger partial charge in [-0.3, -0.25) is 0 Å². The van der Waals surface area contributed by atoms with E-state index in [1.807, 2.05) is 12.1 Å². The number of fused-ring (bicyclic) bond motifs is 1. The summed E-state index contributed by atoms with van der Waals surface area (Å²) in [4.78, 5) is 17.9. The summed E-state index contributed by atoms with van der Waals surface area (Å²) in [6, 6.07) is 17.9. The largest absolute Gasteiger partial charge is 0.366 e. The molecule has 0 radical (unpaired) electrons. The molecule has 0 aliphatic heterocycles. The van der Waals surface area contributed by atoms with Crippen molar-refractivity contribution in [2.45, 2.75) is 40.5 Å². The number of carbonyl (C=O) groups is 1. The molecule has 1 heterocycles. The number of nitrogens with zero attached hydrogens (tertiary/aromatic N) is 2. The lowest BCUT2D eigenvalue weighted by atomic mass is 9.76. The van der Waals surface area contributed by atoms with Crippen LogP contribution in [0.4, 0.5) is 0 Å². The molecule has 0 saturated heterocycles. The van der Waals surface area contributed by atoms with E-state index in [2.05, 4.69) is 83.7 Å². The first-order chi connectivity index (χ1) is 14.2. The number of hydrogen-bond acceptors (Lipinski definition) is 3. The first kappa shape index (κ1) is 20.6. The van der Waals surface area contributed by atoms with Crippen LogP contribution in [0.2, 0.25) is 0 Å². The smallest absolute Gasteiger partial charge is 0.318 e. The second-order valence-electron chi connectivity index (χ2n) is 8.73. The molecule has 0 amide bonds. The van der Waals surface area contributed by atoms with Gasteiger partial charge in [0.05, 0.1) is 11.3 Å². The molecule has 0 fully saturated rings. The van der Waals surface area contributed by atoms with Crippen LogP contribution in [0.25, 0.3) is 5.69 Å². The van der Waals surface area contributed by atoms with Gasteiger partial charge in [-0.05, 0) is 78.4 Å². The van der Waals surface area contributed by atoms with Crippen LogP contribution < -0.4 is 0 Å². The normalized spacial score (nSPS) is 16.4. The highest BCUT2D eigenvalue weighted by Crippen LogP contribution is 2.38. The molecule has 5 heteroatoms. The Hall–Kier alpha value is -2.66. The summed E-state index contributed by atoms with van der Waals surface area (Å²) < 4.78 is 2.99. The maximum atomic E-state index is 12.5. The molecule has 4 rings (SSSR count). The number of rotatable bonds is 3. The standard InChI is InChI=1S/C25H25BrN2O2/c1-16-9-11-18(12-10-16)28-17(2)13-20-22(14-25(3,4)15-23(20)28)27-30-24(29)19-7-5-6-8-21(19)26/h5-13H,14-15H2,1-4H3/b27-22+. The lowest BCUT2D eigenvalue weighted by molar-refractivity contribution is 0.0513. The molecule has 0 atom stereocenters. The molecule has 4 nitrogen and oxygen atoms in total. The summed E-state index contributed by atoms with van der Waals surface area (Å²) in [6.07, 6.45) is 1.68. The first-order valence-corrected chi connectivity index (χ1v) is 10.9. The van der Waals surface area contributed by atoms with Gasteiger partial charge in [0, 0.05) is 27.1 Å². The van der Waals surface area contributed by atoms with E-state index in [0.717, 1.165) is 35.5 Å². The zero-order valence-corrected chi connectivity index (χ0v) is 19.3. The van der Waals surface area contributed by atoms with Crippen molar-refractivity contribution in [3.8, 4) is 5.69 Å². The summed E-state index contributed by atoms with van der Waals surface area (Å²) in [6.45, 7) is 8.65. The molecule has 1 aliphatic rings. The van der Waals surface area contributed by atoms with Crippen molar-refractivity contribution in [1.82, 2.24) is 4.57 Å². The van der Waals surface area contributed by atoms with Crippen LogP contribution in [0.1, 0.15) is 53.1 Å². The van der Waals surface area contributed by atoms with E-state index in [-0.39, 0.29) is 5.41 Å². The maximum Gasteiger partial charge on any atom is 0.366 e. The summed E-state index contributed by atoms with van der Waals surface area (Å²) in [5.74, 6) is -0.463. The summed E-state index contributed by atoms with van der Waals surface area (Å²) in [7, 11) is 0. The molecule has 1 aliphatic carbocycles. The Labute approximate surface area is 185 Å². The Morgan fingerprint density at radius 3 is 2.47 bits per heavy atom. The Morgan fingerprint density at radius 1 is 1.07 bits per heavy atom. The van der Waals surface area contributed by atoms with E-state index in [9.17, 15) is 4.79 Å². The number of oxime groups is 1. The second kappa shape index (κ2) is 7.88. The lowest BCUT2D eigenvalue weighted by Gasteiger charge is -2.31. The highest BCUT2D eigenvalue weighted by molar-refractivity contribution is 9.10. The Balaban J connectivity index is 1.73. The minimum atomic E-state index is -0.463. The zero-order valence-electron chi connectivity index (χ0n) is 17.7. The van der Waals surface area contributed by atoms with Crippen LogP contribution in [-0.4, -0.2) is 16.2 Å². The molecule has 3 aromatic rings. The highest BCUT2D eigenvalue weighted by atomic mass is 79.9. The van der Waals surface area contributed by atoms with Crippen LogP contribution in [0.3, 0.4) is 0 Å². The van der Waals surface area contributed by atoms with Crippen LogP contribution in [0.5, 0.6) is 0 Å². The van der Waals surface area contributed by atoms with Crippen LogP contribution in [0.15, 0.2) is 64.2 Å². The predicted octanol–water partition coefficient (Wildman–Crippen LogP) is 6.39. The van der Waals surface area contributed by atoms with E-state index in [1.54, 1.807) is 12.1 Å². The fourth-order valence-corrected chi connectivity index (χ4v) is 4.53. The van der Waals surface area contributed by atoms with E-state index in [1.165, 1.54) is 11.3 Å². The van der Waals surface area contributed by atoms with E-state index >= 15 is 0 Å². The van der Waals surface area contributed by atoms with Gasteiger partial charge in [0.15, 0.2) is 0 Å². The molecule has 30 heavy (non-hydrogen) atoms. The lowest BCUT2D eigenvalue weighted by Crippen LogP contribution is -2.28. The molecule has 0 unspecified atom stereocenters. The Kier molecular flexibility index (Phi) is 5.41. The molecule has 0 spiro atoms. The van der Waals surface area contributed by atoms with Crippen molar-refractivity contribution >= 4 is 27.6 Å². The molecule has 2 aromatic carbocycles. The third kappa shape index (κ3) is 3.99. The van der Waals surface area contributed by atoms with Crippen molar-refractivity contribution in [2.24, 2.45) is 10.6 Å². The summed E-state index contributed by atoms with van der Waals surface area (Å²) in [5, 5.41) is 4.33. The predicted molar refractivity (Wildman–Crippen MR) is 123 cm³/mol. The average molecular weight is 465 g/mol. The Bertz CT molecular complexity index is 1140. The zero-order chi connectivity index (χ0) is 21.5. The summed E-state index contributed by atoms with van der Waals surface area (Å²) >= 11 is 3.40. The van der Waals surface area contributed by atoms with E-state index in [0.29, 0.717) is 10.0 Å². The van der Waals surface area contributed by atoms with Gasteiger partial charge >= 0.3 is 5.97 Å². The van der Waals surface area contributed by atoms with Gasteiger partial charge in [0.2, 0.25) is 0 Å². The van der Waals surface area contributed by atoms with E-state index < -0.39 is 5.97 Å². The van der Waals surface area contributed by atoms with Crippen molar-refractivity contribution in [2.75, 3.05) is 0 Å². The SMILES string of the molecule is Cc1ccc(-n2c(C)cc3c2CC(C)(C)C/C3=N\OC(=O)c2ccccc2Br)cc1. The number of carbonyl (C=O) groups excluding carboxylic acids is 1. The molecule has 0 N–H and O–H groups in total. The maximum absolute atomic E-state index is 12.5. The molecular formula is C25H25BrN2O2. The van der Waals surface area contributed by atoms with Gasteiger partial charge in [-0.1, -0.05) is 48.8 Å². The van der Waals surface area contributed by atoms with Crippen molar-refractivity contribution in [3.63, 3.8) is 0 Å². The molecule has 154 valence electrons. The number of benzene rings is 2.